The number of nitrogens with one attached hydrogen (secondary N) is 1. The fourth-order valence-electron chi connectivity index (χ4n) is 1.55. The fourth-order valence-corrected chi connectivity index (χ4v) is 1.77. The van der Waals surface area contributed by atoms with Gasteiger partial charge in [0.15, 0.2) is 0 Å². The molecular weight excluding hydrogens is 267 g/mol. The van der Waals surface area contributed by atoms with Crippen LogP contribution >= 0.6 is 11.6 Å². The van der Waals surface area contributed by atoms with Crippen molar-refractivity contribution in [2.45, 2.75) is 6.92 Å². The maximum Gasteiger partial charge on any atom is 0.146 e. The van der Waals surface area contributed by atoms with Crippen LogP contribution < -0.4 is 10.5 Å². The second kappa shape index (κ2) is 5.28. The Morgan fingerprint density at radius 2 is 1.95 bits per heavy atom. The average Bonchev–Trinajstić information content (AvgIpc) is 2.36. The Morgan fingerprint density at radius 3 is 2.58 bits per heavy atom. The Morgan fingerprint density at radius 1 is 1.21 bits per heavy atom. The summed E-state index contributed by atoms with van der Waals surface area (Å²) in [7, 11) is 0. The van der Waals surface area contributed by atoms with Gasteiger partial charge >= 0.3 is 0 Å². The van der Waals surface area contributed by atoms with Gasteiger partial charge in [-0.3, -0.25) is 5.41 Å². The molecule has 0 aromatic heterocycles. The Bertz CT molecular complexity index is 643. The molecule has 0 heterocycles. The molecule has 98 valence electrons. The van der Waals surface area contributed by atoms with E-state index in [1.165, 1.54) is 18.2 Å². The molecule has 0 atom stereocenters. The van der Waals surface area contributed by atoms with Gasteiger partial charge in [0.25, 0.3) is 0 Å². The summed E-state index contributed by atoms with van der Waals surface area (Å²) < 4.78 is 18.7. The highest BCUT2D eigenvalue weighted by Gasteiger charge is 2.08. The second-order valence-electron chi connectivity index (χ2n) is 4.07. The maximum atomic E-state index is 13.2. The van der Waals surface area contributed by atoms with E-state index < -0.39 is 0 Å². The molecule has 0 amide bonds. The number of amidine groups is 1. The first-order valence-corrected chi connectivity index (χ1v) is 5.93. The molecule has 0 unspecified atom stereocenters. The highest BCUT2D eigenvalue weighted by atomic mass is 35.5. The minimum absolute atomic E-state index is 0.0737. The molecule has 2 aromatic carbocycles. The summed E-state index contributed by atoms with van der Waals surface area (Å²) in [6.45, 7) is 1.81. The van der Waals surface area contributed by atoms with E-state index in [2.05, 4.69) is 0 Å². The number of hydrogen-bond donors (Lipinski definition) is 2. The van der Waals surface area contributed by atoms with Crippen LogP contribution in [0.4, 0.5) is 4.39 Å². The van der Waals surface area contributed by atoms with E-state index in [1.807, 2.05) is 6.92 Å². The number of halogens is 2. The van der Waals surface area contributed by atoms with Crippen molar-refractivity contribution >= 4 is 17.4 Å². The normalized spacial score (nSPS) is 10.3. The third-order valence-electron chi connectivity index (χ3n) is 2.61. The van der Waals surface area contributed by atoms with Gasteiger partial charge in [0.1, 0.15) is 23.2 Å². The molecule has 0 radical (unpaired) electrons. The zero-order chi connectivity index (χ0) is 14.0. The van der Waals surface area contributed by atoms with E-state index in [4.69, 9.17) is 27.5 Å². The van der Waals surface area contributed by atoms with Crippen molar-refractivity contribution in [1.82, 2.24) is 0 Å². The van der Waals surface area contributed by atoms with Gasteiger partial charge < -0.3 is 10.5 Å². The molecule has 0 fully saturated rings. The zero-order valence-corrected chi connectivity index (χ0v) is 11.0. The predicted octanol–water partition coefficient (Wildman–Crippen LogP) is 3.86. The number of ether oxygens (including phenoxy) is 1. The lowest BCUT2D eigenvalue weighted by Crippen LogP contribution is -2.10. The SMILES string of the molecule is Cc1ccc(F)cc1Oc1ccc(C(=N)N)cc1Cl. The zero-order valence-electron chi connectivity index (χ0n) is 10.2. The minimum Gasteiger partial charge on any atom is -0.455 e. The maximum absolute atomic E-state index is 13.2. The van der Waals surface area contributed by atoms with Gasteiger partial charge in [0.05, 0.1) is 5.02 Å². The molecule has 0 spiro atoms. The molecule has 19 heavy (non-hydrogen) atoms. The number of rotatable bonds is 3. The van der Waals surface area contributed by atoms with Crippen LogP contribution in [0.5, 0.6) is 11.5 Å². The van der Waals surface area contributed by atoms with E-state index >= 15 is 0 Å². The molecule has 3 nitrogen and oxygen atoms in total. The van der Waals surface area contributed by atoms with Crippen LogP contribution in [0, 0.1) is 18.2 Å². The van der Waals surface area contributed by atoms with Crippen LogP contribution in [0.15, 0.2) is 36.4 Å². The van der Waals surface area contributed by atoms with E-state index in [9.17, 15) is 4.39 Å². The first-order chi connectivity index (χ1) is 8.97. The van der Waals surface area contributed by atoms with Gasteiger partial charge in [0, 0.05) is 11.6 Å². The van der Waals surface area contributed by atoms with Gasteiger partial charge in [-0.2, -0.15) is 0 Å². The van der Waals surface area contributed by atoms with Crippen molar-refractivity contribution in [3.63, 3.8) is 0 Å². The molecule has 0 aliphatic rings. The number of aryl methyl sites for hydroxylation is 1. The first-order valence-electron chi connectivity index (χ1n) is 5.55. The lowest BCUT2D eigenvalue weighted by Gasteiger charge is -2.11. The van der Waals surface area contributed by atoms with Crippen molar-refractivity contribution < 1.29 is 9.13 Å². The van der Waals surface area contributed by atoms with Crippen LogP contribution in [0.3, 0.4) is 0 Å². The largest absolute Gasteiger partial charge is 0.455 e. The number of nitrogen functional groups attached to an aromatic ring is 1. The van der Waals surface area contributed by atoms with E-state index in [0.29, 0.717) is 22.1 Å². The second-order valence-corrected chi connectivity index (χ2v) is 4.48. The van der Waals surface area contributed by atoms with Crippen LogP contribution in [0.25, 0.3) is 0 Å². The van der Waals surface area contributed by atoms with Crippen LogP contribution in [-0.4, -0.2) is 5.84 Å². The molecular formula is C14H12ClFN2O. The van der Waals surface area contributed by atoms with Crippen molar-refractivity contribution in [2.75, 3.05) is 0 Å². The smallest absolute Gasteiger partial charge is 0.146 e. The summed E-state index contributed by atoms with van der Waals surface area (Å²) in [5, 5.41) is 7.63. The molecule has 0 aliphatic heterocycles. The quantitative estimate of drug-likeness (QED) is 0.661. The Kier molecular flexibility index (Phi) is 3.71. The summed E-state index contributed by atoms with van der Waals surface area (Å²) >= 11 is 6.04. The van der Waals surface area contributed by atoms with Crippen molar-refractivity contribution in [2.24, 2.45) is 5.73 Å². The summed E-state index contributed by atoms with van der Waals surface area (Å²) in [5.74, 6) is 0.338. The molecule has 2 rings (SSSR count). The Balaban J connectivity index is 2.33. The first kappa shape index (κ1) is 13.4. The van der Waals surface area contributed by atoms with Crippen LogP contribution in [0.2, 0.25) is 5.02 Å². The van der Waals surface area contributed by atoms with Gasteiger partial charge in [-0.05, 0) is 36.8 Å². The van der Waals surface area contributed by atoms with Gasteiger partial charge in [-0.25, -0.2) is 4.39 Å². The van der Waals surface area contributed by atoms with E-state index in [1.54, 1.807) is 18.2 Å². The van der Waals surface area contributed by atoms with Gasteiger partial charge in [-0.15, -0.1) is 0 Å². The molecule has 0 bridgehead atoms. The standard InChI is InChI=1S/C14H12ClFN2O/c1-8-2-4-10(16)7-13(8)19-12-5-3-9(14(17)18)6-11(12)15/h2-7H,1H3,(H3,17,18). The predicted molar refractivity (Wildman–Crippen MR) is 73.7 cm³/mol. The lowest BCUT2D eigenvalue weighted by atomic mass is 10.2. The number of nitrogens with two attached hydrogens (primary N) is 1. The molecule has 0 aliphatic carbocycles. The summed E-state index contributed by atoms with van der Waals surface area (Å²) in [5.41, 5.74) is 6.67. The summed E-state index contributed by atoms with van der Waals surface area (Å²) in [4.78, 5) is 0. The summed E-state index contributed by atoms with van der Waals surface area (Å²) in [6, 6.07) is 9.05. The fraction of sp³-hybridized carbons (Fsp3) is 0.0714. The van der Waals surface area contributed by atoms with E-state index in [-0.39, 0.29) is 11.7 Å². The van der Waals surface area contributed by atoms with Crippen molar-refractivity contribution in [1.29, 1.82) is 5.41 Å². The Hall–Kier alpha value is -2.07. The molecule has 0 saturated carbocycles. The van der Waals surface area contributed by atoms with Gasteiger partial charge in [0.2, 0.25) is 0 Å². The van der Waals surface area contributed by atoms with E-state index in [0.717, 1.165) is 5.56 Å². The average molecular weight is 279 g/mol. The molecule has 2 aromatic rings. The minimum atomic E-state index is -0.378. The number of benzene rings is 2. The topological polar surface area (TPSA) is 59.1 Å². The summed E-state index contributed by atoms with van der Waals surface area (Å²) in [6.07, 6.45) is 0. The lowest BCUT2D eigenvalue weighted by molar-refractivity contribution is 0.473. The highest BCUT2D eigenvalue weighted by molar-refractivity contribution is 6.32. The van der Waals surface area contributed by atoms with Crippen molar-refractivity contribution in [3.05, 3.63) is 58.4 Å². The third-order valence-corrected chi connectivity index (χ3v) is 2.91. The monoisotopic (exact) mass is 278 g/mol. The van der Waals surface area contributed by atoms with Crippen LogP contribution in [-0.2, 0) is 0 Å². The Labute approximate surface area is 115 Å². The number of hydrogen-bond acceptors (Lipinski definition) is 2. The highest BCUT2D eigenvalue weighted by Crippen LogP contribution is 2.32. The van der Waals surface area contributed by atoms with Gasteiger partial charge in [-0.1, -0.05) is 17.7 Å². The van der Waals surface area contributed by atoms with Crippen LogP contribution in [0.1, 0.15) is 11.1 Å². The molecule has 0 saturated heterocycles. The molecule has 5 heteroatoms. The molecule has 3 N–H and O–H groups in total. The third kappa shape index (κ3) is 3.03. The van der Waals surface area contributed by atoms with Crippen molar-refractivity contribution in [3.8, 4) is 11.5 Å².